The van der Waals surface area contributed by atoms with Gasteiger partial charge in [0.15, 0.2) is 0 Å². The number of ether oxygens (including phenoxy) is 1. The Morgan fingerprint density at radius 3 is 2.95 bits per heavy atom. The van der Waals surface area contributed by atoms with Crippen LogP contribution in [0.3, 0.4) is 0 Å². The van der Waals surface area contributed by atoms with Crippen LogP contribution in [0, 0.1) is 0 Å². The van der Waals surface area contributed by atoms with Crippen LogP contribution in [0.1, 0.15) is 32.1 Å². The molecule has 0 aromatic carbocycles. The third-order valence-corrected chi connectivity index (χ3v) is 7.30. The minimum Gasteiger partial charge on any atom is -0.467 e. The smallest absolute Gasteiger partial charge is 0.329 e. The van der Waals surface area contributed by atoms with Crippen molar-refractivity contribution in [1.82, 2.24) is 5.32 Å². The number of methoxy groups -OCH3 is 1. The van der Waals surface area contributed by atoms with Crippen LogP contribution in [0.2, 0.25) is 0 Å². The summed E-state index contributed by atoms with van der Waals surface area (Å²) in [4.78, 5) is 23.6. The van der Waals surface area contributed by atoms with E-state index in [1.165, 1.54) is 25.7 Å². The average Bonchev–Trinajstić information content (AvgIpc) is 3.03. The van der Waals surface area contributed by atoms with Crippen LogP contribution in [0.25, 0.3) is 0 Å². The number of carbonyl (C=O) groups is 2. The lowest BCUT2D eigenvalue weighted by Gasteiger charge is -2.16. The maximum absolute atomic E-state index is 11.9. The maximum Gasteiger partial charge on any atom is 0.329 e. The van der Waals surface area contributed by atoms with Crippen molar-refractivity contribution in [2.75, 3.05) is 24.4 Å². The largest absolute Gasteiger partial charge is 0.467 e. The van der Waals surface area contributed by atoms with Crippen LogP contribution in [0.5, 0.6) is 0 Å². The van der Waals surface area contributed by atoms with Gasteiger partial charge < -0.3 is 10.1 Å². The summed E-state index contributed by atoms with van der Waals surface area (Å²) < 4.78 is 4.74. The molecule has 1 aliphatic heterocycles. The van der Waals surface area contributed by atoms with Gasteiger partial charge in [0.2, 0.25) is 5.91 Å². The molecule has 0 saturated carbocycles. The van der Waals surface area contributed by atoms with Gasteiger partial charge in [-0.2, -0.15) is 11.8 Å². The van der Waals surface area contributed by atoms with E-state index in [2.05, 4.69) is 11.9 Å². The monoisotopic (exact) mass is 363 g/mol. The lowest BCUT2D eigenvalue weighted by molar-refractivity contribution is -0.144. The van der Waals surface area contributed by atoms with Crippen LogP contribution in [-0.2, 0) is 14.3 Å². The molecule has 1 fully saturated rings. The number of thioether (sulfide) groups is 1. The van der Waals surface area contributed by atoms with Gasteiger partial charge in [-0.1, -0.05) is 34.1 Å². The lowest BCUT2D eigenvalue weighted by atomic mass is 10.1. The van der Waals surface area contributed by atoms with Crippen LogP contribution in [-0.4, -0.2) is 47.5 Å². The molecule has 1 amide bonds. The number of nitrogens with one attached hydrogen (secondary N) is 1. The number of hydrogen-bond donors (Lipinski definition) is 1. The first-order valence-corrected chi connectivity index (χ1v) is 11.0. The summed E-state index contributed by atoms with van der Waals surface area (Å²) in [5.41, 5.74) is 0. The molecule has 0 aliphatic carbocycles. The van der Waals surface area contributed by atoms with E-state index in [9.17, 15) is 9.59 Å². The van der Waals surface area contributed by atoms with E-state index in [0.717, 1.165) is 23.8 Å². The van der Waals surface area contributed by atoms with E-state index in [1.54, 1.807) is 17.8 Å². The molecule has 1 saturated heterocycles. The standard InChI is InChI=1S/C15H25NO3S3/c1-3-9-20-11-13(15(18)19-2)16-14(17)7-5-4-6-12-8-10-21-22-12/h3,12-13H,1,4-11H2,2H3,(H,16,17). The molecule has 0 spiro atoms. The fraction of sp³-hybridized carbons (Fsp3) is 0.733. The Labute approximate surface area is 145 Å². The van der Waals surface area contributed by atoms with Gasteiger partial charge >= 0.3 is 5.97 Å². The summed E-state index contributed by atoms with van der Waals surface area (Å²) in [7, 11) is 5.26. The van der Waals surface area contributed by atoms with Crippen LogP contribution >= 0.6 is 33.3 Å². The van der Waals surface area contributed by atoms with Crippen molar-refractivity contribution < 1.29 is 14.3 Å². The Kier molecular flexibility index (Phi) is 11.0. The van der Waals surface area contributed by atoms with E-state index < -0.39 is 6.04 Å². The Morgan fingerprint density at radius 1 is 1.50 bits per heavy atom. The summed E-state index contributed by atoms with van der Waals surface area (Å²) in [6.45, 7) is 3.64. The first kappa shape index (κ1) is 19.8. The highest BCUT2D eigenvalue weighted by atomic mass is 33.1. The molecule has 1 rings (SSSR count). The molecule has 1 aliphatic rings. The Morgan fingerprint density at radius 2 is 2.32 bits per heavy atom. The molecule has 2 atom stereocenters. The maximum atomic E-state index is 11.9. The zero-order chi connectivity index (χ0) is 16.2. The molecule has 7 heteroatoms. The highest BCUT2D eigenvalue weighted by molar-refractivity contribution is 8.77. The molecule has 0 bridgehead atoms. The second-order valence-electron chi connectivity index (χ2n) is 5.04. The Hall–Kier alpha value is -0.270. The second-order valence-corrected chi connectivity index (χ2v) is 8.91. The number of unbranched alkanes of at least 4 members (excludes halogenated alkanes) is 1. The first-order valence-electron chi connectivity index (χ1n) is 7.51. The van der Waals surface area contributed by atoms with Crippen LogP contribution in [0.15, 0.2) is 12.7 Å². The molecule has 0 radical (unpaired) electrons. The molecule has 0 aromatic rings. The Bertz CT molecular complexity index is 360. The summed E-state index contributed by atoms with van der Waals surface area (Å²) in [5.74, 6) is 2.06. The third kappa shape index (κ3) is 8.39. The Balaban J connectivity index is 2.20. The van der Waals surface area contributed by atoms with E-state index >= 15 is 0 Å². The van der Waals surface area contributed by atoms with Crippen molar-refractivity contribution in [2.45, 2.75) is 43.4 Å². The summed E-state index contributed by atoms with van der Waals surface area (Å²) >= 11 is 1.55. The number of carbonyl (C=O) groups excluding carboxylic acids is 2. The summed E-state index contributed by atoms with van der Waals surface area (Å²) in [5, 5.41) is 3.53. The lowest BCUT2D eigenvalue weighted by Crippen LogP contribution is -2.43. The molecule has 1 heterocycles. The zero-order valence-corrected chi connectivity index (χ0v) is 15.5. The fourth-order valence-electron chi connectivity index (χ4n) is 2.07. The van der Waals surface area contributed by atoms with Crippen molar-refractivity contribution >= 4 is 45.2 Å². The predicted octanol–water partition coefficient (Wildman–Crippen LogP) is 3.28. The molecule has 22 heavy (non-hydrogen) atoms. The van der Waals surface area contributed by atoms with Gasteiger partial charge in [-0.25, -0.2) is 4.79 Å². The molecule has 4 nitrogen and oxygen atoms in total. The number of esters is 1. The van der Waals surface area contributed by atoms with Crippen molar-refractivity contribution in [3.8, 4) is 0 Å². The molecular weight excluding hydrogens is 338 g/mol. The SMILES string of the molecule is C=CCSCC(NC(=O)CCCCC1CCSS1)C(=O)OC. The number of rotatable bonds is 11. The minimum absolute atomic E-state index is 0.0666. The van der Waals surface area contributed by atoms with Gasteiger partial charge in [0.1, 0.15) is 6.04 Å². The highest BCUT2D eigenvalue weighted by Gasteiger charge is 2.21. The van der Waals surface area contributed by atoms with Crippen molar-refractivity contribution in [3.05, 3.63) is 12.7 Å². The molecule has 1 N–H and O–H groups in total. The topological polar surface area (TPSA) is 55.4 Å². The van der Waals surface area contributed by atoms with Gasteiger partial charge in [-0.15, -0.1) is 6.58 Å². The average molecular weight is 364 g/mol. The molecule has 2 unspecified atom stereocenters. The number of hydrogen-bond acceptors (Lipinski definition) is 6. The quantitative estimate of drug-likeness (QED) is 0.263. The number of amides is 1. The zero-order valence-electron chi connectivity index (χ0n) is 13.0. The minimum atomic E-state index is -0.566. The van der Waals surface area contributed by atoms with Crippen LogP contribution < -0.4 is 5.32 Å². The van der Waals surface area contributed by atoms with Gasteiger partial charge in [0.05, 0.1) is 7.11 Å². The first-order chi connectivity index (χ1) is 10.7. The van der Waals surface area contributed by atoms with E-state index in [-0.39, 0.29) is 11.9 Å². The second kappa shape index (κ2) is 12.2. The van der Waals surface area contributed by atoms with E-state index in [4.69, 9.17) is 4.74 Å². The summed E-state index contributed by atoms with van der Waals surface area (Å²) in [6.07, 6.45) is 6.67. The van der Waals surface area contributed by atoms with Gasteiger partial charge in [0, 0.05) is 28.9 Å². The third-order valence-electron chi connectivity index (χ3n) is 3.25. The van der Waals surface area contributed by atoms with Gasteiger partial charge in [-0.05, 0) is 19.3 Å². The van der Waals surface area contributed by atoms with E-state index in [0.29, 0.717) is 12.2 Å². The summed E-state index contributed by atoms with van der Waals surface area (Å²) in [6, 6.07) is -0.566. The van der Waals surface area contributed by atoms with Crippen molar-refractivity contribution in [1.29, 1.82) is 0 Å². The van der Waals surface area contributed by atoms with Crippen LogP contribution in [0.4, 0.5) is 0 Å². The van der Waals surface area contributed by atoms with Gasteiger partial charge in [0.25, 0.3) is 0 Å². The molecule has 126 valence electrons. The molecule has 0 aromatic heterocycles. The normalized spacial score (nSPS) is 18.7. The molecular formula is C15H25NO3S3. The van der Waals surface area contributed by atoms with E-state index in [1.807, 2.05) is 21.6 Å². The van der Waals surface area contributed by atoms with Gasteiger partial charge in [-0.3, -0.25) is 4.79 Å². The predicted molar refractivity (Wildman–Crippen MR) is 98.4 cm³/mol. The fourth-order valence-corrected chi connectivity index (χ4v) is 5.85. The highest BCUT2D eigenvalue weighted by Crippen LogP contribution is 2.39. The van der Waals surface area contributed by atoms with Crippen molar-refractivity contribution in [2.24, 2.45) is 0 Å². The van der Waals surface area contributed by atoms with Crippen molar-refractivity contribution in [3.63, 3.8) is 0 Å².